The lowest BCUT2D eigenvalue weighted by Gasteiger charge is -2.11. The molecule has 0 atom stereocenters. The molecule has 0 aromatic heterocycles. The summed E-state index contributed by atoms with van der Waals surface area (Å²) in [5.41, 5.74) is 7.37. The number of anilines is 1. The highest BCUT2D eigenvalue weighted by atomic mass is 19.1. The van der Waals surface area contributed by atoms with E-state index in [2.05, 4.69) is 5.32 Å². The van der Waals surface area contributed by atoms with Gasteiger partial charge in [-0.25, -0.2) is 9.18 Å². The van der Waals surface area contributed by atoms with Gasteiger partial charge in [0.25, 0.3) is 0 Å². The molecule has 0 bridgehead atoms. The Bertz CT molecular complexity index is 1080. The Morgan fingerprint density at radius 3 is 2.59 bits per heavy atom. The maximum atomic E-state index is 14.1. The van der Waals surface area contributed by atoms with Crippen LogP contribution in [0.25, 0.3) is 10.8 Å². The van der Waals surface area contributed by atoms with Crippen LogP contribution in [0.1, 0.15) is 21.5 Å². The maximum Gasteiger partial charge on any atom is 0.335 e. The zero-order valence-electron chi connectivity index (χ0n) is 15.9. The number of carbonyl (C=O) groups excluding carboxylic acids is 1. The van der Waals surface area contributed by atoms with Crippen LogP contribution in [0.2, 0.25) is 0 Å². The van der Waals surface area contributed by atoms with Gasteiger partial charge in [-0.2, -0.15) is 0 Å². The number of nitrogens with two attached hydrogens (primary N) is 1. The summed E-state index contributed by atoms with van der Waals surface area (Å²) in [6, 6.07) is 12.6. The van der Waals surface area contributed by atoms with Gasteiger partial charge < -0.3 is 20.9 Å². The molecule has 4 N–H and O–H groups in total. The molecule has 0 unspecified atom stereocenters. The molecule has 3 aromatic carbocycles. The zero-order chi connectivity index (χ0) is 21.0. The van der Waals surface area contributed by atoms with Crippen LogP contribution in [-0.2, 0) is 17.6 Å². The molecule has 0 spiro atoms. The third-order valence-electron chi connectivity index (χ3n) is 4.69. The second-order valence-corrected chi connectivity index (χ2v) is 6.62. The van der Waals surface area contributed by atoms with Crippen molar-refractivity contribution in [2.45, 2.75) is 12.8 Å². The van der Waals surface area contributed by atoms with Gasteiger partial charge in [0.2, 0.25) is 5.91 Å². The van der Waals surface area contributed by atoms with E-state index < -0.39 is 5.97 Å². The van der Waals surface area contributed by atoms with Gasteiger partial charge in [0, 0.05) is 17.6 Å². The van der Waals surface area contributed by atoms with Gasteiger partial charge in [-0.05, 0) is 65.4 Å². The van der Waals surface area contributed by atoms with Gasteiger partial charge in [0.15, 0.2) is 0 Å². The van der Waals surface area contributed by atoms with Crippen LogP contribution in [0.4, 0.5) is 10.1 Å². The number of nitrogen functional groups attached to an aromatic ring is 1. The van der Waals surface area contributed by atoms with Crippen molar-refractivity contribution in [3.05, 3.63) is 71.0 Å². The summed E-state index contributed by atoms with van der Waals surface area (Å²) in [6.07, 6.45) is 0.392. The molecule has 0 saturated carbocycles. The van der Waals surface area contributed by atoms with Crippen LogP contribution >= 0.6 is 0 Å². The molecule has 150 valence electrons. The summed E-state index contributed by atoms with van der Waals surface area (Å²) >= 11 is 0. The molecular formula is C22H21FN2O4. The molecule has 0 saturated heterocycles. The highest BCUT2D eigenvalue weighted by Gasteiger charge is 2.14. The first-order chi connectivity index (χ1) is 13.9. The Kier molecular flexibility index (Phi) is 5.97. The Morgan fingerprint density at radius 2 is 1.86 bits per heavy atom. The largest absolute Gasteiger partial charge is 0.497 e. The topological polar surface area (TPSA) is 102 Å². The van der Waals surface area contributed by atoms with Crippen LogP contribution in [0.5, 0.6) is 5.75 Å². The van der Waals surface area contributed by atoms with E-state index in [1.807, 2.05) is 0 Å². The first-order valence-corrected chi connectivity index (χ1v) is 9.02. The Labute approximate surface area is 167 Å². The summed E-state index contributed by atoms with van der Waals surface area (Å²) in [4.78, 5) is 23.6. The predicted molar refractivity (Wildman–Crippen MR) is 109 cm³/mol. The number of halogens is 1. The van der Waals surface area contributed by atoms with Crippen LogP contribution in [0.3, 0.4) is 0 Å². The first kappa shape index (κ1) is 20.1. The van der Waals surface area contributed by atoms with Gasteiger partial charge in [-0.15, -0.1) is 0 Å². The third-order valence-corrected chi connectivity index (χ3v) is 4.69. The fourth-order valence-corrected chi connectivity index (χ4v) is 3.24. The lowest BCUT2D eigenvalue weighted by molar-refractivity contribution is -0.120. The standard InChI is InChI=1S/C22H21FN2O4/c1-29-16-4-6-18-19(12-16)13(2-7-20(18)23)8-9-25-21(26)11-14-10-15(24)3-5-17(14)22(27)28/h2-7,10,12H,8-9,11,24H2,1H3,(H,25,26)(H,27,28). The van der Waals surface area contributed by atoms with E-state index in [1.165, 1.54) is 24.3 Å². The van der Waals surface area contributed by atoms with Gasteiger partial charge in [-0.3, -0.25) is 4.79 Å². The predicted octanol–water partition coefficient (Wildman–Crippen LogP) is 3.17. The maximum absolute atomic E-state index is 14.1. The molecule has 0 aliphatic rings. The number of aromatic carboxylic acids is 1. The van der Waals surface area contributed by atoms with Crippen molar-refractivity contribution in [2.75, 3.05) is 19.4 Å². The molecule has 1 amide bonds. The summed E-state index contributed by atoms with van der Waals surface area (Å²) in [5, 5.41) is 13.2. The Balaban J connectivity index is 1.69. The number of hydrogen-bond acceptors (Lipinski definition) is 4. The summed E-state index contributed by atoms with van der Waals surface area (Å²) in [5.74, 6) is -1.13. The molecule has 0 aliphatic heterocycles. The number of carbonyl (C=O) groups is 2. The molecule has 29 heavy (non-hydrogen) atoms. The summed E-state index contributed by atoms with van der Waals surface area (Å²) < 4.78 is 19.3. The highest BCUT2D eigenvalue weighted by Crippen LogP contribution is 2.26. The number of carboxylic acid groups (broad SMARTS) is 1. The second-order valence-electron chi connectivity index (χ2n) is 6.62. The quantitative estimate of drug-likeness (QED) is 0.533. The number of hydrogen-bond donors (Lipinski definition) is 3. The van der Waals surface area contributed by atoms with Crippen LogP contribution in [0.15, 0.2) is 48.5 Å². The SMILES string of the molecule is COc1ccc2c(F)ccc(CCNC(=O)Cc3cc(N)ccc3C(=O)O)c2c1. The number of amides is 1. The third kappa shape index (κ3) is 4.63. The summed E-state index contributed by atoms with van der Waals surface area (Å²) in [7, 11) is 1.54. The lowest BCUT2D eigenvalue weighted by Crippen LogP contribution is -2.28. The monoisotopic (exact) mass is 396 g/mol. The van der Waals surface area contributed by atoms with Crippen LogP contribution in [0, 0.1) is 5.82 Å². The van der Waals surface area contributed by atoms with Crippen LogP contribution in [-0.4, -0.2) is 30.6 Å². The molecule has 7 heteroatoms. The number of fused-ring (bicyclic) bond motifs is 1. The highest BCUT2D eigenvalue weighted by molar-refractivity contribution is 5.92. The minimum atomic E-state index is -1.11. The average molecular weight is 396 g/mol. The van der Waals surface area contributed by atoms with Crippen molar-refractivity contribution in [3.63, 3.8) is 0 Å². The van der Waals surface area contributed by atoms with Gasteiger partial charge in [0.1, 0.15) is 11.6 Å². The summed E-state index contributed by atoms with van der Waals surface area (Å²) in [6.45, 7) is 0.321. The molecule has 0 aliphatic carbocycles. The van der Waals surface area contributed by atoms with Crippen molar-refractivity contribution in [1.82, 2.24) is 5.32 Å². The smallest absolute Gasteiger partial charge is 0.335 e. The minimum Gasteiger partial charge on any atom is -0.497 e. The van der Waals surface area contributed by atoms with Crippen molar-refractivity contribution in [3.8, 4) is 5.75 Å². The van der Waals surface area contributed by atoms with E-state index in [1.54, 1.807) is 31.4 Å². The number of ether oxygens (including phenoxy) is 1. The van der Waals surface area contributed by atoms with Crippen LogP contribution < -0.4 is 15.8 Å². The molecule has 0 radical (unpaired) electrons. The van der Waals surface area contributed by atoms with E-state index in [-0.39, 0.29) is 23.7 Å². The zero-order valence-corrected chi connectivity index (χ0v) is 15.9. The molecule has 0 fully saturated rings. The molecule has 3 rings (SSSR count). The van der Waals surface area contributed by atoms with E-state index in [0.29, 0.717) is 35.4 Å². The fourth-order valence-electron chi connectivity index (χ4n) is 3.24. The number of carboxylic acids is 1. The Morgan fingerprint density at radius 1 is 1.07 bits per heavy atom. The lowest BCUT2D eigenvalue weighted by atomic mass is 10.0. The van der Waals surface area contributed by atoms with Crippen molar-refractivity contribution in [1.29, 1.82) is 0 Å². The minimum absolute atomic E-state index is 0.0472. The van der Waals surface area contributed by atoms with E-state index >= 15 is 0 Å². The van der Waals surface area contributed by atoms with Gasteiger partial charge >= 0.3 is 5.97 Å². The van der Waals surface area contributed by atoms with E-state index in [4.69, 9.17) is 10.5 Å². The molecule has 3 aromatic rings. The number of methoxy groups -OCH3 is 1. The average Bonchev–Trinajstić information content (AvgIpc) is 2.69. The first-order valence-electron chi connectivity index (χ1n) is 9.02. The van der Waals surface area contributed by atoms with Crippen molar-refractivity contribution >= 4 is 28.3 Å². The number of benzene rings is 3. The van der Waals surface area contributed by atoms with E-state index in [9.17, 15) is 19.1 Å². The van der Waals surface area contributed by atoms with Crippen molar-refractivity contribution < 1.29 is 23.8 Å². The molecule has 0 heterocycles. The van der Waals surface area contributed by atoms with Gasteiger partial charge in [0.05, 0.1) is 19.1 Å². The number of rotatable bonds is 7. The molecular weight excluding hydrogens is 375 g/mol. The normalized spacial score (nSPS) is 10.7. The Hall–Kier alpha value is -3.61. The fraction of sp³-hybridized carbons (Fsp3) is 0.182. The second kappa shape index (κ2) is 8.60. The molecule has 6 nitrogen and oxygen atoms in total. The number of nitrogens with one attached hydrogen (secondary N) is 1. The van der Waals surface area contributed by atoms with Gasteiger partial charge in [-0.1, -0.05) is 6.07 Å². The van der Waals surface area contributed by atoms with Crippen molar-refractivity contribution in [2.24, 2.45) is 0 Å². The van der Waals surface area contributed by atoms with E-state index in [0.717, 1.165) is 10.9 Å².